The van der Waals surface area contributed by atoms with Crippen LogP contribution in [0.4, 0.5) is 0 Å². The molecule has 1 atom stereocenters. The van der Waals surface area contributed by atoms with E-state index >= 15 is 0 Å². The first-order valence-corrected chi connectivity index (χ1v) is 10.0. The van der Waals surface area contributed by atoms with Crippen LogP contribution in [0.5, 0.6) is 5.75 Å². The van der Waals surface area contributed by atoms with E-state index in [1.807, 2.05) is 10.6 Å². The van der Waals surface area contributed by atoms with Crippen molar-refractivity contribution in [1.82, 2.24) is 23.6 Å². The summed E-state index contributed by atoms with van der Waals surface area (Å²) >= 11 is 0. The molecule has 0 N–H and O–H groups in total. The molecule has 0 saturated carbocycles. The lowest BCUT2D eigenvalue weighted by molar-refractivity contribution is 0.140. The minimum atomic E-state index is -0.340. The summed E-state index contributed by atoms with van der Waals surface area (Å²) in [6, 6.07) is 6.73. The summed E-state index contributed by atoms with van der Waals surface area (Å²) in [7, 11) is 4.92. The van der Waals surface area contributed by atoms with Gasteiger partial charge in [-0.25, -0.2) is 9.78 Å². The van der Waals surface area contributed by atoms with Gasteiger partial charge in [-0.3, -0.25) is 18.8 Å². The second kappa shape index (κ2) is 6.59. The Kier molecular flexibility index (Phi) is 4.13. The van der Waals surface area contributed by atoms with Crippen LogP contribution in [0.2, 0.25) is 0 Å². The second-order valence-corrected chi connectivity index (χ2v) is 8.02. The third kappa shape index (κ3) is 2.66. The Morgan fingerprint density at radius 3 is 2.76 bits per heavy atom. The Morgan fingerprint density at radius 2 is 1.97 bits per heavy atom. The average Bonchev–Trinajstić information content (AvgIpc) is 3.14. The Bertz CT molecular complexity index is 1240. The van der Waals surface area contributed by atoms with Gasteiger partial charge in [0.15, 0.2) is 11.2 Å². The predicted octanol–water partition coefficient (Wildman–Crippen LogP) is 0.815. The summed E-state index contributed by atoms with van der Waals surface area (Å²) in [5, 5.41) is 0. The molecule has 0 radical (unpaired) electrons. The third-order valence-electron chi connectivity index (χ3n) is 6.53. The number of rotatable bonds is 2. The monoisotopic (exact) mass is 395 g/mol. The van der Waals surface area contributed by atoms with Crippen LogP contribution in [0.25, 0.3) is 11.2 Å². The van der Waals surface area contributed by atoms with E-state index in [-0.39, 0.29) is 11.2 Å². The fourth-order valence-electron chi connectivity index (χ4n) is 4.91. The van der Waals surface area contributed by atoms with Gasteiger partial charge in [0.05, 0.1) is 13.7 Å². The van der Waals surface area contributed by atoms with Crippen molar-refractivity contribution in [1.29, 1.82) is 0 Å². The van der Waals surface area contributed by atoms with Crippen molar-refractivity contribution in [2.45, 2.75) is 38.4 Å². The van der Waals surface area contributed by atoms with Gasteiger partial charge >= 0.3 is 5.69 Å². The fourth-order valence-corrected chi connectivity index (χ4v) is 4.91. The highest BCUT2D eigenvalue weighted by Crippen LogP contribution is 2.32. The average molecular weight is 395 g/mol. The van der Waals surface area contributed by atoms with E-state index in [1.54, 1.807) is 14.2 Å². The van der Waals surface area contributed by atoms with Gasteiger partial charge in [0.25, 0.3) is 5.56 Å². The van der Waals surface area contributed by atoms with E-state index in [0.29, 0.717) is 30.3 Å². The number of imidazole rings is 1. The maximum atomic E-state index is 12.7. The van der Waals surface area contributed by atoms with Gasteiger partial charge < -0.3 is 9.30 Å². The van der Waals surface area contributed by atoms with Crippen molar-refractivity contribution in [3.8, 4) is 5.75 Å². The standard InChI is InChI=1S/C21H25N5O3/c1-23-19-18(20(27)24(2)21(23)28)26-10-9-25(12-17(26)22-19)14-7-8-15-13(11-14)5-4-6-16(15)29-3/h4-6,14H,7-12H2,1-3H3/t14-/m0/s1. The van der Waals surface area contributed by atoms with E-state index in [0.717, 1.165) is 41.9 Å². The van der Waals surface area contributed by atoms with Crippen molar-refractivity contribution in [3.63, 3.8) is 0 Å². The van der Waals surface area contributed by atoms with E-state index in [4.69, 9.17) is 4.74 Å². The molecule has 5 rings (SSSR count). The molecule has 0 unspecified atom stereocenters. The number of benzene rings is 1. The molecule has 0 bridgehead atoms. The van der Waals surface area contributed by atoms with Crippen LogP contribution < -0.4 is 16.0 Å². The zero-order valence-electron chi connectivity index (χ0n) is 17.0. The van der Waals surface area contributed by atoms with Gasteiger partial charge in [-0.05, 0) is 36.5 Å². The van der Waals surface area contributed by atoms with Gasteiger partial charge in [0.1, 0.15) is 11.6 Å². The molecule has 0 fully saturated rings. The van der Waals surface area contributed by atoms with Crippen LogP contribution in [0, 0.1) is 0 Å². The van der Waals surface area contributed by atoms with Crippen molar-refractivity contribution in [3.05, 3.63) is 56.0 Å². The highest BCUT2D eigenvalue weighted by Gasteiger charge is 2.31. The van der Waals surface area contributed by atoms with Crippen LogP contribution in [0.3, 0.4) is 0 Å². The Hall–Kier alpha value is -2.87. The molecule has 2 aromatic heterocycles. The zero-order valence-corrected chi connectivity index (χ0v) is 17.0. The maximum absolute atomic E-state index is 12.7. The molecule has 3 heterocycles. The Morgan fingerprint density at radius 1 is 1.14 bits per heavy atom. The second-order valence-electron chi connectivity index (χ2n) is 8.02. The Balaban J connectivity index is 1.48. The molecule has 1 aliphatic heterocycles. The van der Waals surface area contributed by atoms with Gasteiger partial charge in [0, 0.05) is 33.2 Å². The van der Waals surface area contributed by atoms with Crippen LogP contribution in [0.1, 0.15) is 23.4 Å². The highest BCUT2D eigenvalue weighted by molar-refractivity contribution is 5.71. The van der Waals surface area contributed by atoms with Crippen LogP contribution in [-0.4, -0.2) is 43.3 Å². The summed E-state index contributed by atoms with van der Waals surface area (Å²) in [6.07, 6.45) is 3.08. The van der Waals surface area contributed by atoms with Crippen LogP contribution in [-0.2, 0) is 40.0 Å². The fraction of sp³-hybridized carbons (Fsp3) is 0.476. The van der Waals surface area contributed by atoms with Crippen LogP contribution >= 0.6 is 0 Å². The lowest BCUT2D eigenvalue weighted by Gasteiger charge is -2.37. The van der Waals surface area contributed by atoms with Crippen LogP contribution in [0.15, 0.2) is 27.8 Å². The molecule has 0 saturated heterocycles. The number of nitrogens with zero attached hydrogens (tertiary/aromatic N) is 5. The summed E-state index contributed by atoms with van der Waals surface area (Å²) in [5.74, 6) is 1.85. The number of aromatic nitrogens is 4. The molecule has 0 spiro atoms. The molecule has 8 heteroatoms. The normalized spacial score (nSPS) is 19.2. The molecule has 0 amide bonds. The topological polar surface area (TPSA) is 74.3 Å². The molecule has 29 heavy (non-hydrogen) atoms. The Labute approximate surface area is 168 Å². The number of fused-ring (bicyclic) bond motifs is 4. The van der Waals surface area contributed by atoms with E-state index in [2.05, 4.69) is 22.0 Å². The minimum Gasteiger partial charge on any atom is -0.496 e. The smallest absolute Gasteiger partial charge is 0.332 e. The molecule has 3 aromatic rings. The number of hydrogen-bond acceptors (Lipinski definition) is 5. The highest BCUT2D eigenvalue weighted by atomic mass is 16.5. The van der Waals surface area contributed by atoms with Crippen molar-refractivity contribution < 1.29 is 4.74 Å². The first-order chi connectivity index (χ1) is 14.0. The van der Waals surface area contributed by atoms with E-state index < -0.39 is 0 Å². The summed E-state index contributed by atoms with van der Waals surface area (Å²) in [5.41, 5.74) is 3.09. The summed E-state index contributed by atoms with van der Waals surface area (Å²) < 4.78 is 10.2. The van der Waals surface area contributed by atoms with Crippen molar-refractivity contribution in [2.75, 3.05) is 13.7 Å². The largest absolute Gasteiger partial charge is 0.496 e. The minimum absolute atomic E-state index is 0.269. The zero-order chi connectivity index (χ0) is 20.3. The van der Waals surface area contributed by atoms with E-state index in [1.165, 1.54) is 22.7 Å². The quantitative estimate of drug-likeness (QED) is 0.642. The molecule has 2 aliphatic rings. The number of aryl methyl sites for hydroxylation is 1. The first kappa shape index (κ1) is 18.2. The van der Waals surface area contributed by atoms with Crippen molar-refractivity contribution in [2.24, 2.45) is 14.1 Å². The maximum Gasteiger partial charge on any atom is 0.332 e. The summed E-state index contributed by atoms with van der Waals surface area (Å²) in [6.45, 7) is 2.27. The lowest BCUT2D eigenvalue weighted by atomic mass is 9.86. The molecular formula is C21H25N5O3. The first-order valence-electron chi connectivity index (χ1n) is 10.0. The van der Waals surface area contributed by atoms with Gasteiger partial charge in [0.2, 0.25) is 0 Å². The number of ether oxygens (including phenoxy) is 1. The molecule has 1 aliphatic carbocycles. The molecular weight excluding hydrogens is 370 g/mol. The van der Waals surface area contributed by atoms with E-state index in [9.17, 15) is 9.59 Å². The van der Waals surface area contributed by atoms with Crippen molar-refractivity contribution >= 4 is 11.2 Å². The summed E-state index contributed by atoms with van der Waals surface area (Å²) in [4.78, 5) is 32.1. The predicted molar refractivity (Wildman–Crippen MR) is 109 cm³/mol. The SMILES string of the molecule is COc1cccc2c1CC[C@H](N1CCn3c(nc4c3c(=O)n(C)c(=O)n4C)C1)C2. The molecule has 8 nitrogen and oxygen atoms in total. The van der Waals surface area contributed by atoms with Gasteiger partial charge in [-0.15, -0.1) is 0 Å². The number of hydrogen-bond donors (Lipinski definition) is 0. The van der Waals surface area contributed by atoms with Gasteiger partial charge in [-0.1, -0.05) is 12.1 Å². The molecule has 152 valence electrons. The third-order valence-corrected chi connectivity index (χ3v) is 6.53. The van der Waals surface area contributed by atoms with Gasteiger partial charge in [-0.2, -0.15) is 0 Å². The lowest BCUT2D eigenvalue weighted by Crippen LogP contribution is -2.44. The molecule has 1 aromatic carbocycles. The number of methoxy groups -OCH3 is 1.